The van der Waals surface area contributed by atoms with Gasteiger partial charge < -0.3 is 14.0 Å². The first-order chi connectivity index (χ1) is 10.6. The minimum absolute atomic E-state index is 0.0760. The van der Waals surface area contributed by atoms with Gasteiger partial charge in [-0.05, 0) is 0 Å². The van der Waals surface area contributed by atoms with E-state index in [1.807, 2.05) is 0 Å². The van der Waals surface area contributed by atoms with Crippen LogP contribution in [0.5, 0.6) is 0 Å². The molecule has 0 saturated heterocycles. The summed E-state index contributed by atoms with van der Waals surface area (Å²) in [6.07, 6.45) is 3.04. The fourth-order valence-electron chi connectivity index (χ4n) is 1.93. The minimum atomic E-state index is -0.407. The van der Waals surface area contributed by atoms with E-state index >= 15 is 0 Å². The maximum atomic E-state index is 12.2. The van der Waals surface area contributed by atoms with Crippen LogP contribution in [0.25, 0.3) is 11.2 Å². The summed E-state index contributed by atoms with van der Waals surface area (Å²) in [5.74, 6) is -0.760. The van der Waals surface area contributed by atoms with Gasteiger partial charge in [-0.1, -0.05) is 0 Å². The van der Waals surface area contributed by atoms with Crippen molar-refractivity contribution in [2.45, 2.75) is 25.9 Å². The quantitative estimate of drug-likeness (QED) is 0.676. The van der Waals surface area contributed by atoms with Gasteiger partial charge in [0.1, 0.15) is 6.33 Å². The van der Waals surface area contributed by atoms with E-state index in [1.165, 1.54) is 31.4 Å². The van der Waals surface area contributed by atoms with Crippen molar-refractivity contribution in [3.8, 4) is 0 Å². The predicted octanol–water partition coefficient (Wildman–Crippen LogP) is -0.281. The summed E-state index contributed by atoms with van der Waals surface area (Å²) in [5, 5.41) is 0. The smallest absolute Gasteiger partial charge is 0.307 e. The summed E-state index contributed by atoms with van der Waals surface area (Å²) < 4.78 is 12.0. The molecule has 0 aliphatic rings. The molecule has 0 spiro atoms. The number of hydrogen-bond donors (Lipinski definition) is 0. The number of methoxy groups -OCH3 is 2. The molecule has 0 aliphatic carbocycles. The van der Waals surface area contributed by atoms with Gasteiger partial charge in [0, 0.05) is 13.1 Å². The molecule has 0 N–H and O–H groups in total. The number of aromatic nitrogens is 4. The van der Waals surface area contributed by atoms with E-state index in [0.717, 1.165) is 0 Å². The van der Waals surface area contributed by atoms with E-state index in [1.54, 1.807) is 4.57 Å². The van der Waals surface area contributed by atoms with E-state index < -0.39 is 5.97 Å². The number of fused-ring (bicyclic) bond motifs is 1. The summed E-state index contributed by atoms with van der Waals surface area (Å²) in [6, 6.07) is 0. The van der Waals surface area contributed by atoms with Crippen LogP contribution in [0.2, 0.25) is 0 Å². The first-order valence-electron chi connectivity index (χ1n) is 6.60. The SMILES string of the molecule is COC(=O)CCn1cnc2c(ncn2CCC(=O)OC)c1=O. The number of aryl methyl sites for hydroxylation is 2. The van der Waals surface area contributed by atoms with E-state index in [0.29, 0.717) is 12.2 Å². The highest BCUT2D eigenvalue weighted by molar-refractivity contribution is 5.71. The van der Waals surface area contributed by atoms with E-state index in [9.17, 15) is 14.4 Å². The third-order valence-corrected chi connectivity index (χ3v) is 3.16. The van der Waals surface area contributed by atoms with Crippen LogP contribution in [-0.2, 0) is 32.2 Å². The van der Waals surface area contributed by atoms with Crippen LogP contribution < -0.4 is 5.56 Å². The Bertz CT molecular complexity index is 748. The molecule has 2 heterocycles. The molecule has 22 heavy (non-hydrogen) atoms. The summed E-state index contributed by atoms with van der Waals surface area (Å²) in [7, 11) is 2.60. The van der Waals surface area contributed by atoms with Crippen molar-refractivity contribution in [2.75, 3.05) is 14.2 Å². The lowest BCUT2D eigenvalue weighted by Gasteiger charge is -2.05. The number of carbonyl (C=O) groups excluding carboxylic acids is 2. The molecule has 0 atom stereocenters. The Morgan fingerprint density at radius 2 is 1.55 bits per heavy atom. The van der Waals surface area contributed by atoms with Crippen LogP contribution in [0.1, 0.15) is 12.8 Å². The van der Waals surface area contributed by atoms with Crippen molar-refractivity contribution in [2.24, 2.45) is 0 Å². The lowest BCUT2D eigenvalue weighted by Crippen LogP contribution is -2.22. The summed E-state index contributed by atoms with van der Waals surface area (Å²) >= 11 is 0. The van der Waals surface area contributed by atoms with Gasteiger partial charge in [0.15, 0.2) is 11.2 Å². The van der Waals surface area contributed by atoms with Gasteiger partial charge in [0.2, 0.25) is 0 Å². The Morgan fingerprint density at radius 1 is 1.00 bits per heavy atom. The molecule has 0 aliphatic heterocycles. The highest BCUT2D eigenvalue weighted by Crippen LogP contribution is 2.06. The topological polar surface area (TPSA) is 105 Å². The molecule has 2 rings (SSSR count). The van der Waals surface area contributed by atoms with Crippen LogP contribution >= 0.6 is 0 Å². The summed E-state index contributed by atoms with van der Waals surface area (Å²) in [5.41, 5.74) is 0.242. The van der Waals surface area contributed by atoms with Crippen LogP contribution in [0.4, 0.5) is 0 Å². The van der Waals surface area contributed by atoms with Gasteiger partial charge in [-0.15, -0.1) is 0 Å². The first-order valence-corrected chi connectivity index (χ1v) is 6.60. The second kappa shape index (κ2) is 6.83. The highest BCUT2D eigenvalue weighted by Gasteiger charge is 2.12. The Hall–Kier alpha value is -2.71. The minimum Gasteiger partial charge on any atom is -0.469 e. The monoisotopic (exact) mass is 308 g/mol. The molecule has 2 aromatic rings. The molecular formula is C13H16N4O5. The Kier molecular flexibility index (Phi) is 4.87. The van der Waals surface area contributed by atoms with Gasteiger partial charge in [-0.2, -0.15) is 0 Å². The first kappa shape index (κ1) is 15.7. The normalized spacial score (nSPS) is 10.6. The molecule has 0 unspecified atom stereocenters. The Morgan fingerprint density at radius 3 is 2.14 bits per heavy atom. The number of imidazole rings is 1. The van der Waals surface area contributed by atoms with Crippen LogP contribution in [0.3, 0.4) is 0 Å². The molecule has 0 amide bonds. The average molecular weight is 308 g/mol. The number of carbonyl (C=O) groups is 2. The van der Waals surface area contributed by atoms with Crippen LogP contribution in [-0.4, -0.2) is 45.3 Å². The maximum absolute atomic E-state index is 12.2. The van der Waals surface area contributed by atoms with Crippen molar-refractivity contribution in [3.63, 3.8) is 0 Å². The molecule has 0 saturated carbocycles. The Labute approximate surface area is 125 Å². The number of esters is 2. The predicted molar refractivity (Wildman–Crippen MR) is 75.1 cm³/mol. The molecule has 0 radical (unpaired) electrons. The van der Waals surface area contributed by atoms with Gasteiger partial charge in [-0.3, -0.25) is 19.0 Å². The number of rotatable bonds is 6. The second-order valence-corrected chi connectivity index (χ2v) is 4.51. The number of nitrogens with zero attached hydrogens (tertiary/aromatic N) is 4. The fourth-order valence-corrected chi connectivity index (χ4v) is 1.93. The fraction of sp³-hybridized carbons (Fsp3) is 0.462. The summed E-state index contributed by atoms with van der Waals surface area (Å²) in [6.45, 7) is 0.491. The third kappa shape index (κ3) is 3.30. The van der Waals surface area contributed by atoms with Gasteiger partial charge in [0.25, 0.3) is 5.56 Å². The van der Waals surface area contributed by atoms with Crippen molar-refractivity contribution in [1.82, 2.24) is 19.1 Å². The van der Waals surface area contributed by atoms with Crippen molar-refractivity contribution < 1.29 is 19.1 Å². The van der Waals surface area contributed by atoms with Crippen LogP contribution in [0.15, 0.2) is 17.4 Å². The molecule has 118 valence electrons. The molecular weight excluding hydrogens is 292 g/mol. The average Bonchev–Trinajstić information content (AvgIpc) is 2.95. The lowest BCUT2D eigenvalue weighted by atomic mass is 10.4. The van der Waals surface area contributed by atoms with Crippen molar-refractivity contribution in [3.05, 3.63) is 23.0 Å². The molecule has 2 aromatic heterocycles. The Balaban J connectivity index is 2.21. The summed E-state index contributed by atoms with van der Waals surface area (Å²) in [4.78, 5) is 42.7. The third-order valence-electron chi connectivity index (χ3n) is 3.16. The second-order valence-electron chi connectivity index (χ2n) is 4.51. The molecule has 0 aromatic carbocycles. The molecule has 9 nitrogen and oxygen atoms in total. The lowest BCUT2D eigenvalue weighted by molar-refractivity contribution is -0.141. The molecule has 0 fully saturated rings. The van der Waals surface area contributed by atoms with E-state index in [-0.39, 0.29) is 36.4 Å². The van der Waals surface area contributed by atoms with Crippen molar-refractivity contribution in [1.29, 1.82) is 0 Å². The number of hydrogen-bond acceptors (Lipinski definition) is 7. The van der Waals surface area contributed by atoms with Crippen LogP contribution in [0, 0.1) is 0 Å². The van der Waals surface area contributed by atoms with E-state index in [4.69, 9.17) is 0 Å². The zero-order valence-electron chi connectivity index (χ0n) is 12.3. The van der Waals surface area contributed by atoms with Gasteiger partial charge in [0.05, 0.1) is 33.4 Å². The van der Waals surface area contributed by atoms with Gasteiger partial charge in [-0.25, -0.2) is 9.97 Å². The standard InChI is InChI=1S/C13H16N4O5/c1-21-9(18)3-5-16-7-14-11-12(16)15-8-17(13(11)20)6-4-10(19)22-2/h7-8H,3-6H2,1-2H3. The zero-order valence-corrected chi connectivity index (χ0v) is 12.3. The maximum Gasteiger partial charge on any atom is 0.307 e. The molecule has 0 bridgehead atoms. The largest absolute Gasteiger partial charge is 0.469 e. The zero-order chi connectivity index (χ0) is 16.1. The molecule has 9 heteroatoms. The van der Waals surface area contributed by atoms with E-state index in [2.05, 4.69) is 19.4 Å². The van der Waals surface area contributed by atoms with Crippen molar-refractivity contribution >= 4 is 23.1 Å². The van der Waals surface area contributed by atoms with Gasteiger partial charge >= 0.3 is 11.9 Å². The number of ether oxygens (including phenoxy) is 2. The highest BCUT2D eigenvalue weighted by atomic mass is 16.5.